The van der Waals surface area contributed by atoms with Gasteiger partial charge in [0.05, 0.1) is 5.69 Å². The standard InChI is InChI=1S/C19H31N3O2S/c1-16-8-5-9-17(2)21(16)14-7-13-20-25(23,24)22-15-6-11-18-10-3-4-12-19(18)22/h3-4,10,12,16-17,20H,5-9,11,13-15H2,1-2H3/t16-,17+. The van der Waals surface area contributed by atoms with Gasteiger partial charge in [-0.05, 0) is 64.1 Å². The van der Waals surface area contributed by atoms with Gasteiger partial charge in [0.25, 0.3) is 0 Å². The summed E-state index contributed by atoms with van der Waals surface area (Å²) in [5, 5.41) is 0. The quantitative estimate of drug-likeness (QED) is 0.789. The molecule has 2 atom stereocenters. The second kappa shape index (κ2) is 8.06. The van der Waals surface area contributed by atoms with Gasteiger partial charge < -0.3 is 0 Å². The summed E-state index contributed by atoms with van der Waals surface area (Å²) in [4.78, 5) is 2.52. The Hall–Kier alpha value is -1.11. The van der Waals surface area contributed by atoms with Crippen LogP contribution in [-0.4, -0.2) is 45.0 Å². The lowest BCUT2D eigenvalue weighted by atomic mass is 9.97. The minimum absolute atomic E-state index is 0.497. The summed E-state index contributed by atoms with van der Waals surface area (Å²) in [6.45, 7) is 6.58. The van der Waals surface area contributed by atoms with Crippen LogP contribution in [0.1, 0.15) is 51.5 Å². The van der Waals surface area contributed by atoms with E-state index in [0.717, 1.165) is 37.1 Å². The summed E-state index contributed by atoms with van der Waals surface area (Å²) < 4.78 is 29.8. The summed E-state index contributed by atoms with van der Waals surface area (Å²) >= 11 is 0. The SMILES string of the molecule is C[C@@H]1CCC[C@H](C)N1CCCNS(=O)(=O)N1CCCc2ccccc21. The van der Waals surface area contributed by atoms with Crippen LogP contribution in [0.25, 0.3) is 0 Å². The molecule has 1 saturated heterocycles. The number of hydrogen-bond donors (Lipinski definition) is 1. The fourth-order valence-corrected chi connectivity index (χ4v) is 5.57. The van der Waals surface area contributed by atoms with E-state index in [1.54, 1.807) is 0 Å². The lowest BCUT2D eigenvalue weighted by Gasteiger charge is -2.39. The average Bonchev–Trinajstić information content (AvgIpc) is 2.60. The number of benzene rings is 1. The zero-order valence-corrected chi connectivity index (χ0v) is 16.3. The van der Waals surface area contributed by atoms with E-state index in [2.05, 4.69) is 23.5 Å². The highest BCUT2D eigenvalue weighted by Gasteiger charge is 2.27. The third-order valence-electron chi connectivity index (χ3n) is 5.61. The van der Waals surface area contributed by atoms with Crippen molar-refractivity contribution in [1.82, 2.24) is 9.62 Å². The molecule has 2 heterocycles. The lowest BCUT2D eigenvalue weighted by Crippen LogP contribution is -2.46. The first-order chi connectivity index (χ1) is 12.0. The van der Waals surface area contributed by atoms with E-state index in [9.17, 15) is 8.42 Å². The molecule has 0 amide bonds. The lowest BCUT2D eigenvalue weighted by molar-refractivity contribution is 0.103. The number of aryl methyl sites for hydroxylation is 1. The Labute approximate surface area is 152 Å². The monoisotopic (exact) mass is 365 g/mol. The van der Waals surface area contributed by atoms with Gasteiger partial charge in [0.15, 0.2) is 0 Å². The molecule has 1 aromatic carbocycles. The van der Waals surface area contributed by atoms with Crippen LogP contribution in [0.15, 0.2) is 24.3 Å². The van der Waals surface area contributed by atoms with Crippen LogP contribution in [0.5, 0.6) is 0 Å². The first-order valence-corrected chi connectivity index (χ1v) is 11.0. The molecule has 25 heavy (non-hydrogen) atoms. The van der Waals surface area contributed by atoms with Crippen molar-refractivity contribution in [2.24, 2.45) is 0 Å². The molecule has 2 aliphatic rings. The molecular weight excluding hydrogens is 334 g/mol. The van der Waals surface area contributed by atoms with Crippen LogP contribution in [0.2, 0.25) is 0 Å². The molecule has 0 aromatic heterocycles. The Balaban J connectivity index is 1.54. The Morgan fingerprint density at radius 1 is 1.12 bits per heavy atom. The maximum Gasteiger partial charge on any atom is 0.301 e. The topological polar surface area (TPSA) is 52.7 Å². The first kappa shape index (κ1) is 18.7. The highest BCUT2D eigenvalue weighted by atomic mass is 32.2. The molecule has 1 N–H and O–H groups in total. The molecule has 0 bridgehead atoms. The zero-order valence-electron chi connectivity index (χ0n) is 15.4. The number of rotatable bonds is 6. The zero-order chi connectivity index (χ0) is 17.9. The molecule has 1 aromatic rings. The molecule has 0 saturated carbocycles. The van der Waals surface area contributed by atoms with Gasteiger partial charge in [-0.1, -0.05) is 24.6 Å². The number of fused-ring (bicyclic) bond motifs is 1. The predicted octanol–water partition coefficient (Wildman–Crippen LogP) is 2.93. The van der Waals surface area contributed by atoms with Crippen molar-refractivity contribution < 1.29 is 8.42 Å². The number of hydrogen-bond acceptors (Lipinski definition) is 3. The molecule has 5 nitrogen and oxygen atoms in total. The molecule has 1 fully saturated rings. The Morgan fingerprint density at radius 3 is 2.60 bits per heavy atom. The highest BCUT2D eigenvalue weighted by molar-refractivity contribution is 7.90. The fourth-order valence-electron chi connectivity index (χ4n) is 4.20. The Bertz CT molecular complexity index is 667. The van der Waals surface area contributed by atoms with Crippen LogP contribution in [0, 0.1) is 0 Å². The van der Waals surface area contributed by atoms with Gasteiger partial charge >= 0.3 is 10.2 Å². The number of nitrogens with one attached hydrogen (secondary N) is 1. The smallest absolute Gasteiger partial charge is 0.298 e. The number of likely N-dealkylation sites (tertiary alicyclic amines) is 1. The number of anilines is 1. The van der Waals surface area contributed by atoms with Crippen LogP contribution in [0.4, 0.5) is 5.69 Å². The maximum atomic E-state index is 12.7. The minimum Gasteiger partial charge on any atom is -0.298 e. The van der Waals surface area contributed by atoms with E-state index in [-0.39, 0.29) is 0 Å². The Morgan fingerprint density at radius 2 is 1.84 bits per heavy atom. The maximum absolute atomic E-state index is 12.7. The van der Waals surface area contributed by atoms with Crippen LogP contribution in [-0.2, 0) is 16.6 Å². The molecule has 140 valence electrons. The molecule has 3 rings (SSSR count). The van der Waals surface area contributed by atoms with E-state index < -0.39 is 10.2 Å². The number of para-hydroxylation sites is 1. The van der Waals surface area contributed by atoms with Gasteiger partial charge in [0.2, 0.25) is 0 Å². The van der Waals surface area contributed by atoms with Crippen LogP contribution < -0.4 is 9.03 Å². The van der Waals surface area contributed by atoms with Gasteiger partial charge in [-0.15, -0.1) is 0 Å². The third kappa shape index (κ3) is 4.36. The van der Waals surface area contributed by atoms with E-state index >= 15 is 0 Å². The molecule has 0 unspecified atom stereocenters. The Kier molecular flexibility index (Phi) is 6.02. The molecule has 0 radical (unpaired) electrons. The second-order valence-corrected chi connectivity index (χ2v) is 9.10. The fraction of sp³-hybridized carbons (Fsp3) is 0.684. The number of piperidine rings is 1. The average molecular weight is 366 g/mol. The summed E-state index contributed by atoms with van der Waals surface area (Å²) in [6.07, 6.45) is 6.48. The largest absolute Gasteiger partial charge is 0.301 e. The van der Waals surface area contributed by atoms with Crippen molar-refractivity contribution in [1.29, 1.82) is 0 Å². The molecule has 6 heteroatoms. The molecule has 0 aliphatic carbocycles. The minimum atomic E-state index is -3.46. The van der Waals surface area contributed by atoms with Gasteiger partial charge in [-0.3, -0.25) is 9.21 Å². The molecule has 0 spiro atoms. The summed E-state index contributed by atoms with van der Waals surface area (Å²) in [5.74, 6) is 0. The van der Waals surface area contributed by atoms with E-state index in [1.807, 2.05) is 24.3 Å². The predicted molar refractivity (Wildman–Crippen MR) is 103 cm³/mol. The van der Waals surface area contributed by atoms with Crippen molar-refractivity contribution in [3.05, 3.63) is 29.8 Å². The van der Waals surface area contributed by atoms with Gasteiger partial charge in [-0.25, -0.2) is 0 Å². The summed E-state index contributed by atoms with van der Waals surface area (Å²) in [7, 11) is -3.46. The van der Waals surface area contributed by atoms with Crippen molar-refractivity contribution in [3.63, 3.8) is 0 Å². The van der Waals surface area contributed by atoms with E-state index in [4.69, 9.17) is 0 Å². The molecule has 2 aliphatic heterocycles. The van der Waals surface area contributed by atoms with Crippen LogP contribution in [0.3, 0.4) is 0 Å². The van der Waals surface area contributed by atoms with Gasteiger partial charge in [-0.2, -0.15) is 13.1 Å². The van der Waals surface area contributed by atoms with Crippen molar-refractivity contribution in [3.8, 4) is 0 Å². The number of nitrogens with zero attached hydrogens (tertiary/aromatic N) is 2. The van der Waals surface area contributed by atoms with Crippen molar-refractivity contribution in [2.45, 2.75) is 64.5 Å². The van der Waals surface area contributed by atoms with Gasteiger partial charge in [0, 0.05) is 25.2 Å². The summed E-state index contributed by atoms with van der Waals surface area (Å²) in [5.41, 5.74) is 1.95. The van der Waals surface area contributed by atoms with Crippen molar-refractivity contribution in [2.75, 3.05) is 23.9 Å². The molecular formula is C19H31N3O2S. The van der Waals surface area contributed by atoms with Crippen LogP contribution >= 0.6 is 0 Å². The third-order valence-corrected chi connectivity index (χ3v) is 7.14. The summed E-state index contributed by atoms with van der Waals surface area (Å²) in [6, 6.07) is 9.03. The van der Waals surface area contributed by atoms with E-state index in [0.29, 0.717) is 25.2 Å². The first-order valence-electron chi connectivity index (χ1n) is 9.60. The normalized spacial score (nSPS) is 25.0. The van der Waals surface area contributed by atoms with Crippen molar-refractivity contribution >= 4 is 15.9 Å². The highest BCUT2D eigenvalue weighted by Crippen LogP contribution is 2.28. The van der Waals surface area contributed by atoms with Gasteiger partial charge in [0.1, 0.15) is 0 Å². The second-order valence-electron chi connectivity index (χ2n) is 7.42. The van der Waals surface area contributed by atoms with E-state index in [1.165, 1.54) is 23.6 Å².